The summed E-state index contributed by atoms with van der Waals surface area (Å²) in [6.45, 7) is 1.95. The fraction of sp³-hybridized carbons (Fsp3) is 0.105. The second-order valence-corrected chi connectivity index (χ2v) is 6.29. The summed E-state index contributed by atoms with van der Waals surface area (Å²) in [7, 11) is 0. The highest BCUT2D eigenvalue weighted by molar-refractivity contribution is 6.31. The Hall–Kier alpha value is -2.83. The van der Waals surface area contributed by atoms with Crippen LogP contribution in [0, 0.1) is 0 Å². The maximum absolute atomic E-state index is 12.8. The van der Waals surface area contributed by atoms with Crippen molar-refractivity contribution in [3.63, 3.8) is 0 Å². The summed E-state index contributed by atoms with van der Waals surface area (Å²) in [6.07, 6.45) is 0. The number of ketones is 2. The summed E-state index contributed by atoms with van der Waals surface area (Å²) in [6, 6.07) is 12.6. The quantitative estimate of drug-likeness (QED) is 0.579. The molecule has 1 heterocycles. The number of carbonyl (C=O) groups excluding carboxylic acids is 2. The number of ether oxygens (including phenoxy) is 1. The van der Waals surface area contributed by atoms with Gasteiger partial charge in [-0.25, -0.2) is 0 Å². The molecule has 0 saturated carbocycles. The predicted molar refractivity (Wildman–Crippen MR) is 101 cm³/mol. The van der Waals surface area contributed by atoms with Gasteiger partial charge < -0.3 is 4.74 Å². The average Bonchev–Trinajstić information content (AvgIpc) is 2.68. The molecule has 27 heavy (non-hydrogen) atoms. The van der Waals surface area contributed by atoms with E-state index in [1.54, 1.807) is 55.5 Å². The maximum Gasteiger partial charge on any atom is 0.217 e. The molecule has 0 bridgehead atoms. The number of nitrogens with zero attached hydrogens (tertiary/aromatic N) is 3. The Morgan fingerprint density at radius 3 is 1.59 bits per heavy atom. The summed E-state index contributed by atoms with van der Waals surface area (Å²) in [5.74, 6) is -0.905. The smallest absolute Gasteiger partial charge is 0.217 e. The minimum Gasteiger partial charge on any atom is -0.489 e. The van der Waals surface area contributed by atoms with E-state index >= 15 is 0 Å². The highest BCUT2D eigenvalue weighted by atomic mass is 35.5. The lowest BCUT2D eigenvalue weighted by Crippen LogP contribution is -2.16. The molecule has 0 unspecified atom stereocenters. The van der Waals surface area contributed by atoms with Gasteiger partial charge in [0.25, 0.3) is 0 Å². The van der Waals surface area contributed by atoms with Crippen LogP contribution >= 0.6 is 23.2 Å². The van der Waals surface area contributed by atoms with Gasteiger partial charge >= 0.3 is 0 Å². The summed E-state index contributed by atoms with van der Waals surface area (Å²) in [4.78, 5) is 25.7. The zero-order valence-electron chi connectivity index (χ0n) is 14.1. The van der Waals surface area contributed by atoms with Crippen molar-refractivity contribution in [1.29, 1.82) is 0 Å². The summed E-state index contributed by atoms with van der Waals surface area (Å²) in [5.41, 5.74) is 0.495. The first-order valence-electron chi connectivity index (χ1n) is 7.98. The zero-order chi connectivity index (χ0) is 19.4. The van der Waals surface area contributed by atoms with Crippen LogP contribution in [-0.2, 0) is 0 Å². The van der Waals surface area contributed by atoms with Crippen molar-refractivity contribution in [2.75, 3.05) is 6.61 Å². The molecule has 1 aromatic heterocycles. The molecule has 0 N–H and O–H groups in total. The van der Waals surface area contributed by atoms with Crippen molar-refractivity contribution in [1.82, 2.24) is 15.4 Å². The molecular formula is C19H13Cl2N3O3. The van der Waals surface area contributed by atoms with Crippen molar-refractivity contribution in [3.05, 3.63) is 81.1 Å². The Morgan fingerprint density at radius 2 is 1.22 bits per heavy atom. The number of carbonyl (C=O) groups is 2. The van der Waals surface area contributed by atoms with Crippen LogP contribution in [-0.4, -0.2) is 33.6 Å². The lowest BCUT2D eigenvalue weighted by atomic mass is 10.0. The molecule has 0 aliphatic rings. The van der Waals surface area contributed by atoms with Gasteiger partial charge in [0.15, 0.2) is 17.1 Å². The number of hydrogen-bond donors (Lipinski definition) is 0. The topological polar surface area (TPSA) is 82.0 Å². The van der Waals surface area contributed by atoms with Crippen LogP contribution in [0.4, 0.5) is 0 Å². The first kappa shape index (κ1) is 18.9. The molecule has 0 aliphatic heterocycles. The molecule has 8 heteroatoms. The van der Waals surface area contributed by atoms with Gasteiger partial charge in [0.1, 0.15) is 0 Å². The lowest BCUT2D eigenvalue weighted by molar-refractivity contribution is 0.102. The minimum atomic E-state index is -0.449. The number of rotatable bonds is 6. The fourth-order valence-corrected chi connectivity index (χ4v) is 2.62. The van der Waals surface area contributed by atoms with Crippen molar-refractivity contribution >= 4 is 34.8 Å². The molecule has 0 saturated heterocycles. The van der Waals surface area contributed by atoms with E-state index in [1.165, 1.54) is 0 Å². The summed E-state index contributed by atoms with van der Waals surface area (Å²) >= 11 is 11.7. The molecule has 0 atom stereocenters. The van der Waals surface area contributed by atoms with Crippen LogP contribution in [0.2, 0.25) is 10.0 Å². The molecule has 0 spiro atoms. The van der Waals surface area contributed by atoms with E-state index in [4.69, 9.17) is 27.9 Å². The molecule has 6 nitrogen and oxygen atoms in total. The van der Waals surface area contributed by atoms with Gasteiger partial charge in [-0.3, -0.25) is 9.59 Å². The van der Waals surface area contributed by atoms with E-state index in [0.717, 1.165) is 0 Å². The molecule has 0 aliphatic carbocycles. The van der Waals surface area contributed by atoms with E-state index in [9.17, 15) is 9.59 Å². The zero-order valence-corrected chi connectivity index (χ0v) is 15.7. The second kappa shape index (κ2) is 8.24. The molecular weight excluding hydrogens is 389 g/mol. The first-order chi connectivity index (χ1) is 13.0. The number of hydrogen-bond acceptors (Lipinski definition) is 6. The van der Waals surface area contributed by atoms with Crippen molar-refractivity contribution in [2.24, 2.45) is 0 Å². The monoisotopic (exact) mass is 401 g/mol. The van der Waals surface area contributed by atoms with Crippen LogP contribution in [0.15, 0.2) is 48.5 Å². The predicted octanol–water partition coefficient (Wildman–Crippen LogP) is 4.04. The van der Waals surface area contributed by atoms with Crippen LogP contribution in [0.25, 0.3) is 0 Å². The third kappa shape index (κ3) is 4.13. The number of aromatic nitrogens is 3. The Bertz CT molecular complexity index is 914. The standard InChI is InChI=1S/C19H13Cl2N3O3/c1-2-27-19-15(17(25)11-3-7-13(20)8-4-11)22-24-23-16(19)18(26)12-5-9-14(21)10-6-12/h3-10H,2H2,1H3. The van der Waals surface area contributed by atoms with Crippen molar-refractivity contribution in [2.45, 2.75) is 6.92 Å². The van der Waals surface area contributed by atoms with Gasteiger partial charge in [-0.1, -0.05) is 23.2 Å². The van der Waals surface area contributed by atoms with Gasteiger partial charge in [-0.05, 0) is 60.7 Å². The molecule has 136 valence electrons. The Kier molecular flexibility index (Phi) is 5.78. The largest absolute Gasteiger partial charge is 0.489 e. The maximum atomic E-state index is 12.8. The first-order valence-corrected chi connectivity index (χ1v) is 8.73. The molecule has 0 radical (unpaired) electrons. The third-order valence-corrected chi connectivity index (χ3v) is 4.16. The highest BCUT2D eigenvalue weighted by Gasteiger charge is 2.26. The molecule has 3 aromatic rings. The van der Waals surface area contributed by atoms with Gasteiger partial charge in [0.2, 0.25) is 11.6 Å². The highest BCUT2D eigenvalue weighted by Crippen LogP contribution is 2.25. The Labute approximate surface area is 165 Å². The summed E-state index contributed by atoms with van der Waals surface area (Å²) < 4.78 is 5.54. The van der Waals surface area contributed by atoms with Gasteiger partial charge in [0.05, 0.1) is 6.61 Å². The van der Waals surface area contributed by atoms with E-state index in [1.807, 2.05) is 0 Å². The average molecular weight is 402 g/mol. The molecule has 0 amide bonds. The number of benzene rings is 2. The second-order valence-electron chi connectivity index (χ2n) is 5.42. The number of halogens is 2. The Balaban J connectivity index is 2.06. The van der Waals surface area contributed by atoms with Crippen LogP contribution < -0.4 is 4.74 Å². The summed E-state index contributed by atoms with van der Waals surface area (Å²) in [5, 5.41) is 12.2. The third-order valence-electron chi connectivity index (χ3n) is 3.65. The SMILES string of the molecule is CCOc1c(C(=O)c2ccc(Cl)cc2)nnnc1C(=O)c1ccc(Cl)cc1. The molecule has 3 rings (SSSR count). The van der Waals surface area contributed by atoms with E-state index < -0.39 is 11.6 Å². The van der Waals surface area contributed by atoms with Gasteiger partial charge in [-0.2, -0.15) is 0 Å². The van der Waals surface area contributed by atoms with Crippen LogP contribution in [0.5, 0.6) is 5.75 Å². The van der Waals surface area contributed by atoms with Gasteiger partial charge in [0, 0.05) is 21.2 Å². The van der Waals surface area contributed by atoms with E-state index in [-0.39, 0.29) is 23.7 Å². The van der Waals surface area contributed by atoms with E-state index in [2.05, 4.69) is 15.4 Å². The Morgan fingerprint density at radius 1 is 0.815 bits per heavy atom. The van der Waals surface area contributed by atoms with Crippen LogP contribution in [0.1, 0.15) is 39.0 Å². The van der Waals surface area contributed by atoms with Crippen molar-refractivity contribution < 1.29 is 14.3 Å². The van der Waals surface area contributed by atoms with Gasteiger partial charge in [-0.15, -0.1) is 10.2 Å². The fourth-order valence-electron chi connectivity index (χ4n) is 2.37. The van der Waals surface area contributed by atoms with Crippen LogP contribution in [0.3, 0.4) is 0 Å². The van der Waals surface area contributed by atoms with E-state index in [0.29, 0.717) is 21.2 Å². The van der Waals surface area contributed by atoms with Crippen molar-refractivity contribution in [3.8, 4) is 5.75 Å². The molecule has 2 aromatic carbocycles. The lowest BCUT2D eigenvalue weighted by Gasteiger charge is -2.11. The molecule has 0 fully saturated rings. The normalized spacial score (nSPS) is 10.5. The minimum absolute atomic E-state index is 0.00704.